The Hall–Kier alpha value is -0.710. The van der Waals surface area contributed by atoms with E-state index in [1.54, 1.807) is 6.07 Å². The summed E-state index contributed by atoms with van der Waals surface area (Å²) in [6, 6.07) is 1.60. The van der Waals surface area contributed by atoms with Gasteiger partial charge in [-0.15, -0.1) is 0 Å². The number of anilines is 2. The van der Waals surface area contributed by atoms with E-state index in [1.807, 2.05) is 0 Å². The van der Waals surface area contributed by atoms with Gasteiger partial charge in [-0.2, -0.15) is 0 Å². The molecule has 0 aromatic carbocycles. The molecule has 0 amide bonds. The summed E-state index contributed by atoms with van der Waals surface area (Å²) < 4.78 is 5.52. The quantitative estimate of drug-likeness (QED) is 0.887. The van der Waals surface area contributed by atoms with E-state index >= 15 is 0 Å². The summed E-state index contributed by atoms with van der Waals surface area (Å²) in [7, 11) is 0. The minimum absolute atomic E-state index is 0.288. The van der Waals surface area contributed by atoms with Crippen LogP contribution in [0, 0.1) is 0 Å². The molecule has 4 nitrogen and oxygen atoms in total. The molecule has 1 aliphatic heterocycles. The number of rotatable bonds is 4. The summed E-state index contributed by atoms with van der Waals surface area (Å²) in [6.45, 7) is 1.63. The van der Waals surface area contributed by atoms with Crippen LogP contribution < -0.4 is 11.1 Å². The summed E-state index contributed by atoms with van der Waals surface area (Å²) in [5.74, 6) is 0.863. The highest BCUT2D eigenvalue weighted by atomic mass is 35.5. The SMILES string of the molecule is Nc1nc(NCCC2CCCO2)c(Cl)cc1Cl. The van der Waals surface area contributed by atoms with Gasteiger partial charge in [0.1, 0.15) is 11.6 Å². The zero-order valence-electron chi connectivity index (χ0n) is 9.38. The molecule has 2 rings (SSSR count). The van der Waals surface area contributed by atoms with Crippen molar-refractivity contribution in [2.45, 2.75) is 25.4 Å². The van der Waals surface area contributed by atoms with E-state index in [1.165, 1.54) is 0 Å². The average molecular weight is 276 g/mol. The first-order chi connectivity index (χ1) is 8.16. The van der Waals surface area contributed by atoms with Gasteiger partial charge < -0.3 is 15.8 Å². The first-order valence-electron chi connectivity index (χ1n) is 5.64. The van der Waals surface area contributed by atoms with E-state index in [-0.39, 0.29) is 5.82 Å². The number of pyridine rings is 1. The third-order valence-corrected chi connectivity index (χ3v) is 3.33. The van der Waals surface area contributed by atoms with Gasteiger partial charge in [-0.1, -0.05) is 23.2 Å². The van der Waals surface area contributed by atoms with E-state index in [4.69, 9.17) is 33.7 Å². The number of nitrogens with two attached hydrogens (primary N) is 1. The van der Waals surface area contributed by atoms with Crippen molar-refractivity contribution in [2.24, 2.45) is 0 Å². The highest BCUT2D eigenvalue weighted by Crippen LogP contribution is 2.27. The van der Waals surface area contributed by atoms with Crippen molar-refractivity contribution in [3.8, 4) is 0 Å². The third-order valence-electron chi connectivity index (χ3n) is 2.74. The molecule has 1 aromatic heterocycles. The first kappa shape index (κ1) is 12.7. The molecule has 1 aromatic rings. The smallest absolute Gasteiger partial charge is 0.147 e. The molecule has 1 unspecified atom stereocenters. The fourth-order valence-electron chi connectivity index (χ4n) is 1.83. The van der Waals surface area contributed by atoms with Gasteiger partial charge >= 0.3 is 0 Å². The monoisotopic (exact) mass is 275 g/mol. The molecule has 0 aliphatic carbocycles. The van der Waals surface area contributed by atoms with Crippen LogP contribution in [-0.4, -0.2) is 24.2 Å². The first-order valence-corrected chi connectivity index (χ1v) is 6.39. The molecule has 0 radical (unpaired) electrons. The number of hydrogen-bond donors (Lipinski definition) is 2. The van der Waals surface area contributed by atoms with Crippen LogP contribution in [0.25, 0.3) is 0 Å². The van der Waals surface area contributed by atoms with E-state index < -0.39 is 0 Å². The van der Waals surface area contributed by atoms with Crippen LogP contribution in [0.1, 0.15) is 19.3 Å². The second-order valence-corrected chi connectivity index (χ2v) is 4.85. The van der Waals surface area contributed by atoms with Crippen LogP contribution in [-0.2, 0) is 4.74 Å². The third kappa shape index (κ3) is 3.37. The number of hydrogen-bond acceptors (Lipinski definition) is 4. The van der Waals surface area contributed by atoms with Gasteiger partial charge in [0.2, 0.25) is 0 Å². The van der Waals surface area contributed by atoms with E-state index in [0.29, 0.717) is 22.0 Å². The molecule has 0 bridgehead atoms. The van der Waals surface area contributed by atoms with Crippen LogP contribution >= 0.6 is 23.2 Å². The molecule has 0 spiro atoms. The Balaban J connectivity index is 1.87. The maximum Gasteiger partial charge on any atom is 0.147 e. The molecule has 1 aliphatic rings. The largest absolute Gasteiger partial charge is 0.382 e. The lowest BCUT2D eigenvalue weighted by Gasteiger charge is -2.12. The Morgan fingerprint density at radius 3 is 3.00 bits per heavy atom. The highest BCUT2D eigenvalue weighted by Gasteiger charge is 2.15. The number of halogens is 2. The van der Waals surface area contributed by atoms with Crippen molar-refractivity contribution >= 4 is 34.8 Å². The van der Waals surface area contributed by atoms with E-state index in [9.17, 15) is 0 Å². The molecular weight excluding hydrogens is 261 g/mol. The van der Waals surface area contributed by atoms with E-state index in [2.05, 4.69) is 10.3 Å². The van der Waals surface area contributed by atoms with Gasteiger partial charge in [-0.05, 0) is 25.3 Å². The van der Waals surface area contributed by atoms with Gasteiger partial charge in [0.15, 0.2) is 0 Å². The fourth-order valence-corrected chi connectivity index (χ4v) is 2.25. The maximum atomic E-state index is 6.00. The number of nitrogens with one attached hydrogen (secondary N) is 1. The normalized spacial score (nSPS) is 19.5. The van der Waals surface area contributed by atoms with Crippen molar-refractivity contribution in [1.82, 2.24) is 4.98 Å². The van der Waals surface area contributed by atoms with Crippen molar-refractivity contribution in [3.05, 3.63) is 16.1 Å². The van der Waals surface area contributed by atoms with Crippen LogP contribution in [0.3, 0.4) is 0 Å². The van der Waals surface area contributed by atoms with Gasteiger partial charge in [0.05, 0.1) is 16.1 Å². The summed E-state index contributed by atoms with van der Waals surface area (Å²) in [5.41, 5.74) is 5.62. The molecule has 1 saturated heterocycles. The van der Waals surface area contributed by atoms with Crippen LogP contribution in [0.15, 0.2) is 6.07 Å². The molecule has 94 valence electrons. The molecule has 1 atom stereocenters. The van der Waals surface area contributed by atoms with Crippen LogP contribution in [0.5, 0.6) is 0 Å². The summed E-state index contributed by atoms with van der Waals surface area (Å²) in [6.07, 6.45) is 3.58. The summed E-state index contributed by atoms with van der Waals surface area (Å²) in [5, 5.41) is 4.00. The van der Waals surface area contributed by atoms with Crippen molar-refractivity contribution in [3.63, 3.8) is 0 Å². The highest BCUT2D eigenvalue weighted by molar-refractivity contribution is 6.37. The lowest BCUT2D eigenvalue weighted by Crippen LogP contribution is -2.13. The standard InChI is InChI=1S/C11H15Cl2N3O/c12-8-6-9(13)11(16-10(8)14)15-4-3-7-2-1-5-17-7/h6-7H,1-5H2,(H3,14,15,16). The zero-order valence-corrected chi connectivity index (χ0v) is 10.9. The lowest BCUT2D eigenvalue weighted by molar-refractivity contribution is 0.107. The van der Waals surface area contributed by atoms with Gasteiger partial charge in [-0.25, -0.2) is 4.98 Å². The lowest BCUT2D eigenvalue weighted by atomic mass is 10.2. The minimum Gasteiger partial charge on any atom is -0.382 e. The topological polar surface area (TPSA) is 60.2 Å². The molecule has 6 heteroatoms. The van der Waals surface area contributed by atoms with Gasteiger partial charge in [0, 0.05) is 13.2 Å². The molecule has 0 saturated carbocycles. The number of nitrogens with zero attached hydrogens (tertiary/aromatic N) is 1. The summed E-state index contributed by atoms with van der Waals surface area (Å²) >= 11 is 11.8. The predicted octanol–water partition coefficient (Wildman–Crippen LogP) is 2.95. The van der Waals surface area contributed by atoms with Crippen LogP contribution in [0.2, 0.25) is 10.0 Å². The molecule has 2 heterocycles. The minimum atomic E-state index is 0.288. The number of nitrogen functional groups attached to an aromatic ring is 1. The maximum absolute atomic E-state index is 6.00. The predicted molar refractivity (Wildman–Crippen MR) is 70.8 cm³/mol. The number of ether oxygens (including phenoxy) is 1. The van der Waals surface area contributed by atoms with Crippen molar-refractivity contribution in [2.75, 3.05) is 24.2 Å². The van der Waals surface area contributed by atoms with E-state index in [0.717, 1.165) is 32.4 Å². The Kier molecular flexibility index (Phi) is 4.31. The Labute approximate surface area is 110 Å². The molecular formula is C11H15Cl2N3O. The Morgan fingerprint density at radius 2 is 2.29 bits per heavy atom. The Bertz CT molecular complexity index is 395. The average Bonchev–Trinajstić information content (AvgIpc) is 2.78. The van der Waals surface area contributed by atoms with Gasteiger partial charge in [-0.3, -0.25) is 0 Å². The number of aromatic nitrogens is 1. The molecule has 17 heavy (non-hydrogen) atoms. The van der Waals surface area contributed by atoms with Gasteiger partial charge in [0.25, 0.3) is 0 Å². The molecule has 1 fully saturated rings. The second kappa shape index (κ2) is 5.76. The van der Waals surface area contributed by atoms with Crippen LogP contribution in [0.4, 0.5) is 11.6 Å². The second-order valence-electron chi connectivity index (χ2n) is 4.04. The summed E-state index contributed by atoms with van der Waals surface area (Å²) in [4.78, 5) is 4.10. The Morgan fingerprint density at radius 1 is 1.47 bits per heavy atom. The van der Waals surface area contributed by atoms with Crippen molar-refractivity contribution < 1.29 is 4.74 Å². The molecule has 3 N–H and O–H groups in total. The fraction of sp³-hybridized carbons (Fsp3) is 0.545. The van der Waals surface area contributed by atoms with Crippen molar-refractivity contribution in [1.29, 1.82) is 0 Å². The zero-order chi connectivity index (χ0) is 12.3.